The molecule has 4 nitrogen and oxygen atoms in total. The van der Waals surface area contributed by atoms with Crippen LogP contribution in [0.15, 0.2) is 0 Å². The van der Waals surface area contributed by atoms with Crippen LogP contribution in [0.1, 0.15) is 52.4 Å². The first-order valence-corrected chi connectivity index (χ1v) is 7.16. The van der Waals surface area contributed by atoms with E-state index in [1.165, 1.54) is 0 Å². The number of carbonyl (C=O) groups excluding carboxylic acids is 1. The highest BCUT2D eigenvalue weighted by molar-refractivity contribution is 5.86. The van der Waals surface area contributed by atoms with Crippen LogP contribution in [-0.2, 0) is 4.79 Å². The van der Waals surface area contributed by atoms with Gasteiger partial charge in [-0.25, -0.2) is 0 Å². The van der Waals surface area contributed by atoms with E-state index >= 15 is 0 Å². The maximum absolute atomic E-state index is 12.1. The quantitative estimate of drug-likeness (QED) is 0.645. The summed E-state index contributed by atoms with van der Waals surface area (Å²) in [6.45, 7) is 5.14. The van der Waals surface area contributed by atoms with Crippen molar-refractivity contribution < 1.29 is 9.90 Å². The molecule has 1 rings (SSSR count). The van der Waals surface area contributed by atoms with Crippen LogP contribution < -0.4 is 11.1 Å². The Morgan fingerprint density at radius 3 is 2.50 bits per heavy atom. The molecule has 1 unspecified atom stereocenters. The van der Waals surface area contributed by atoms with Crippen LogP contribution in [0.25, 0.3) is 0 Å². The van der Waals surface area contributed by atoms with Crippen LogP contribution >= 0.6 is 0 Å². The summed E-state index contributed by atoms with van der Waals surface area (Å²) in [6.07, 6.45) is 5.47. The number of carbonyl (C=O) groups is 1. The summed E-state index contributed by atoms with van der Waals surface area (Å²) >= 11 is 0. The molecule has 1 aliphatic carbocycles. The lowest BCUT2D eigenvalue weighted by atomic mass is 9.93. The highest BCUT2D eigenvalue weighted by Crippen LogP contribution is 2.27. The second kappa shape index (κ2) is 7.10. The summed E-state index contributed by atoms with van der Waals surface area (Å²) in [5, 5.41) is 12.0. The minimum absolute atomic E-state index is 0.00769. The van der Waals surface area contributed by atoms with Gasteiger partial charge in [-0.3, -0.25) is 4.79 Å². The zero-order chi connectivity index (χ0) is 13.6. The van der Waals surface area contributed by atoms with Crippen LogP contribution in [0.4, 0.5) is 0 Å². The zero-order valence-electron chi connectivity index (χ0n) is 11.7. The second-order valence-electron chi connectivity index (χ2n) is 6.08. The monoisotopic (exact) mass is 256 g/mol. The largest absolute Gasteiger partial charge is 0.396 e. The third-order valence-electron chi connectivity index (χ3n) is 3.84. The van der Waals surface area contributed by atoms with Gasteiger partial charge in [-0.05, 0) is 37.5 Å². The maximum Gasteiger partial charge on any atom is 0.240 e. The van der Waals surface area contributed by atoms with Crippen LogP contribution in [0.2, 0.25) is 0 Å². The number of rotatable bonds is 7. The van der Waals surface area contributed by atoms with Crippen molar-refractivity contribution in [3.05, 3.63) is 0 Å². The van der Waals surface area contributed by atoms with Crippen molar-refractivity contribution in [1.82, 2.24) is 5.32 Å². The predicted octanol–water partition coefficient (Wildman–Crippen LogP) is 1.42. The molecule has 0 aromatic heterocycles. The first-order valence-electron chi connectivity index (χ1n) is 7.16. The fourth-order valence-electron chi connectivity index (χ4n) is 2.80. The number of hydrogen-bond acceptors (Lipinski definition) is 3. The highest BCUT2D eigenvalue weighted by atomic mass is 16.3. The summed E-state index contributed by atoms with van der Waals surface area (Å²) in [5.41, 5.74) is 5.47. The van der Waals surface area contributed by atoms with Gasteiger partial charge in [0.1, 0.15) is 0 Å². The molecule has 1 amide bonds. The third kappa shape index (κ3) is 4.58. The van der Waals surface area contributed by atoms with E-state index in [9.17, 15) is 4.79 Å². The standard InChI is InChI=1S/C14H28N2O2/c1-11(2)9-12(5-8-17)10-16-13(18)14(15)6-3-4-7-14/h11-12,17H,3-10,15H2,1-2H3,(H,16,18). The van der Waals surface area contributed by atoms with E-state index in [0.29, 0.717) is 18.4 Å². The number of aliphatic hydroxyl groups is 1. The highest BCUT2D eigenvalue weighted by Gasteiger charge is 2.36. The van der Waals surface area contributed by atoms with E-state index < -0.39 is 5.54 Å². The molecule has 1 saturated carbocycles. The molecule has 0 radical (unpaired) electrons. The molecule has 106 valence electrons. The van der Waals surface area contributed by atoms with Crippen molar-refractivity contribution in [1.29, 1.82) is 0 Å². The molecule has 0 spiro atoms. The summed E-state index contributed by atoms with van der Waals surface area (Å²) in [5.74, 6) is 0.924. The SMILES string of the molecule is CC(C)CC(CCO)CNC(=O)C1(N)CCCC1. The topological polar surface area (TPSA) is 75.3 Å². The van der Waals surface area contributed by atoms with Gasteiger partial charge in [0, 0.05) is 13.2 Å². The van der Waals surface area contributed by atoms with Gasteiger partial charge in [0.15, 0.2) is 0 Å². The Morgan fingerprint density at radius 1 is 1.39 bits per heavy atom. The molecule has 0 aromatic carbocycles. The van der Waals surface area contributed by atoms with Crippen LogP contribution in [0.5, 0.6) is 0 Å². The van der Waals surface area contributed by atoms with Crippen LogP contribution in [0, 0.1) is 11.8 Å². The van der Waals surface area contributed by atoms with Crippen molar-refractivity contribution in [2.75, 3.05) is 13.2 Å². The van der Waals surface area contributed by atoms with Crippen molar-refractivity contribution >= 4 is 5.91 Å². The number of aliphatic hydroxyl groups excluding tert-OH is 1. The smallest absolute Gasteiger partial charge is 0.240 e. The molecule has 1 fully saturated rings. The fourth-order valence-corrected chi connectivity index (χ4v) is 2.80. The minimum atomic E-state index is -0.637. The third-order valence-corrected chi connectivity index (χ3v) is 3.84. The Balaban J connectivity index is 2.38. The lowest BCUT2D eigenvalue weighted by Gasteiger charge is -2.25. The first-order chi connectivity index (χ1) is 8.48. The molecule has 0 bridgehead atoms. The van der Waals surface area contributed by atoms with Gasteiger partial charge < -0.3 is 16.2 Å². The number of nitrogens with two attached hydrogens (primary N) is 1. The normalized spacial score (nSPS) is 20.1. The van der Waals surface area contributed by atoms with Gasteiger partial charge in [0.25, 0.3) is 0 Å². The van der Waals surface area contributed by atoms with Crippen molar-refractivity contribution in [3.63, 3.8) is 0 Å². The van der Waals surface area contributed by atoms with Gasteiger partial charge in [-0.15, -0.1) is 0 Å². The molecule has 0 aliphatic heterocycles. The Bertz CT molecular complexity index is 261. The van der Waals surface area contributed by atoms with Crippen LogP contribution in [-0.4, -0.2) is 29.7 Å². The van der Waals surface area contributed by atoms with Crippen molar-refractivity contribution in [3.8, 4) is 0 Å². The Labute approximate surface area is 110 Å². The Kier molecular flexibility index (Phi) is 6.09. The summed E-state index contributed by atoms with van der Waals surface area (Å²) in [7, 11) is 0. The van der Waals surface area contributed by atoms with Gasteiger partial charge >= 0.3 is 0 Å². The minimum Gasteiger partial charge on any atom is -0.396 e. The molecular weight excluding hydrogens is 228 g/mol. The lowest BCUT2D eigenvalue weighted by Crippen LogP contribution is -2.52. The van der Waals surface area contributed by atoms with Gasteiger partial charge in [0.05, 0.1) is 5.54 Å². The molecule has 0 aromatic rings. The molecule has 0 saturated heterocycles. The fraction of sp³-hybridized carbons (Fsp3) is 0.929. The summed E-state index contributed by atoms with van der Waals surface area (Å²) < 4.78 is 0. The number of amides is 1. The number of hydrogen-bond donors (Lipinski definition) is 3. The van der Waals surface area contributed by atoms with E-state index in [1.807, 2.05) is 0 Å². The van der Waals surface area contributed by atoms with Gasteiger partial charge in [-0.1, -0.05) is 26.7 Å². The lowest BCUT2D eigenvalue weighted by molar-refractivity contribution is -0.126. The van der Waals surface area contributed by atoms with Crippen LogP contribution in [0.3, 0.4) is 0 Å². The van der Waals surface area contributed by atoms with E-state index in [0.717, 1.165) is 38.5 Å². The Morgan fingerprint density at radius 2 is 2.00 bits per heavy atom. The molecule has 4 heteroatoms. The molecule has 1 aliphatic rings. The molecule has 18 heavy (non-hydrogen) atoms. The molecular formula is C14H28N2O2. The maximum atomic E-state index is 12.1. The first kappa shape index (κ1) is 15.4. The van der Waals surface area contributed by atoms with Crippen molar-refractivity contribution in [2.24, 2.45) is 17.6 Å². The Hall–Kier alpha value is -0.610. The van der Waals surface area contributed by atoms with E-state index in [4.69, 9.17) is 10.8 Å². The van der Waals surface area contributed by atoms with Crippen molar-refractivity contribution in [2.45, 2.75) is 57.9 Å². The second-order valence-corrected chi connectivity index (χ2v) is 6.08. The average Bonchev–Trinajstić information content (AvgIpc) is 2.73. The number of nitrogens with one attached hydrogen (secondary N) is 1. The molecule has 1 atom stereocenters. The van der Waals surface area contributed by atoms with Gasteiger partial charge in [-0.2, -0.15) is 0 Å². The van der Waals surface area contributed by atoms with Gasteiger partial charge in [0.2, 0.25) is 5.91 Å². The van der Waals surface area contributed by atoms with E-state index in [-0.39, 0.29) is 12.5 Å². The predicted molar refractivity (Wildman–Crippen MR) is 73.0 cm³/mol. The molecule has 4 N–H and O–H groups in total. The average molecular weight is 256 g/mol. The molecule has 0 heterocycles. The summed E-state index contributed by atoms with van der Waals surface area (Å²) in [6, 6.07) is 0. The zero-order valence-corrected chi connectivity index (χ0v) is 11.7. The van der Waals surface area contributed by atoms with E-state index in [2.05, 4.69) is 19.2 Å². The van der Waals surface area contributed by atoms with E-state index in [1.54, 1.807) is 0 Å². The summed E-state index contributed by atoms with van der Waals surface area (Å²) in [4.78, 5) is 12.1.